The van der Waals surface area contributed by atoms with E-state index in [0.29, 0.717) is 18.0 Å². The Morgan fingerprint density at radius 2 is 1.87 bits per heavy atom. The van der Waals surface area contributed by atoms with Crippen molar-refractivity contribution in [3.05, 3.63) is 35.9 Å². The van der Waals surface area contributed by atoms with Crippen LogP contribution in [-0.4, -0.2) is 36.0 Å². The first-order chi connectivity index (χ1) is 11.1. The van der Waals surface area contributed by atoms with Gasteiger partial charge in [-0.3, -0.25) is 9.59 Å². The molecule has 3 aliphatic rings. The molecule has 0 aromatic heterocycles. The summed E-state index contributed by atoms with van der Waals surface area (Å²) in [6.45, 7) is 0.486. The largest absolute Gasteiger partial charge is 0.481 e. The highest BCUT2D eigenvalue weighted by molar-refractivity contribution is 5.87. The standard InChI is InChI=1S/C16H15NO6/c18-15(13-10-3-4-11(23-10)14(13)16(19)20)17-6-8-1-2-9-12(5-8)22-7-21-9/h1-5,10-11,13-14H,6-7H2,(H,17,18)(H,19,20)/t10-,11+,13+,14+/m1/s1. The van der Waals surface area contributed by atoms with E-state index in [0.717, 1.165) is 5.56 Å². The second-order valence-electron chi connectivity index (χ2n) is 5.75. The van der Waals surface area contributed by atoms with Gasteiger partial charge in [-0.1, -0.05) is 18.2 Å². The second-order valence-corrected chi connectivity index (χ2v) is 5.75. The number of ether oxygens (including phenoxy) is 3. The fourth-order valence-electron chi connectivity index (χ4n) is 3.27. The molecule has 0 aliphatic carbocycles. The van der Waals surface area contributed by atoms with E-state index in [4.69, 9.17) is 14.2 Å². The number of aliphatic carboxylic acids is 1. The molecule has 3 heterocycles. The number of carboxylic acids is 1. The van der Waals surface area contributed by atoms with E-state index in [9.17, 15) is 14.7 Å². The molecule has 7 nitrogen and oxygen atoms in total. The number of carbonyl (C=O) groups excluding carboxylic acids is 1. The molecule has 4 atom stereocenters. The van der Waals surface area contributed by atoms with Crippen molar-refractivity contribution in [1.29, 1.82) is 0 Å². The summed E-state index contributed by atoms with van der Waals surface area (Å²) in [5.74, 6) is -1.53. The Morgan fingerprint density at radius 3 is 2.65 bits per heavy atom. The number of carboxylic acid groups (broad SMARTS) is 1. The lowest BCUT2D eigenvalue weighted by Crippen LogP contribution is -2.42. The Bertz CT molecular complexity index is 700. The Hall–Kier alpha value is -2.54. The number of carbonyl (C=O) groups is 2. The van der Waals surface area contributed by atoms with E-state index in [1.165, 1.54) is 0 Å². The van der Waals surface area contributed by atoms with Crippen LogP contribution >= 0.6 is 0 Å². The Morgan fingerprint density at radius 1 is 1.13 bits per heavy atom. The highest BCUT2D eigenvalue weighted by Gasteiger charge is 2.53. The average Bonchev–Trinajstić information content (AvgIpc) is 3.25. The fourth-order valence-corrected chi connectivity index (χ4v) is 3.27. The van der Waals surface area contributed by atoms with Gasteiger partial charge in [0.05, 0.1) is 18.1 Å². The SMILES string of the molecule is O=C(O)[C@@H]1[C@@H](C(=O)NCc2ccc3c(c2)OCO3)[C@H]2C=C[C@@H]1O2. The van der Waals surface area contributed by atoms with Crippen LogP contribution in [0.3, 0.4) is 0 Å². The molecule has 0 unspecified atom stereocenters. The number of nitrogens with one attached hydrogen (secondary N) is 1. The Balaban J connectivity index is 1.44. The molecule has 0 radical (unpaired) electrons. The number of benzene rings is 1. The van der Waals surface area contributed by atoms with Crippen molar-refractivity contribution < 1.29 is 28.9 Å². The monoisotopic (exact) mass is 317 g/mol. The highest BCUT2D eigenvalue weighted by atomic mass is 16.7. The number of hydrogen-bond acceptors (Lipinski definition) is 5. The zero-order chi connectivity index (χ0) is 16.0. The summed E-state index contributed by atoms with van der Waals surface area (Å²) in [5, 5.41) is 12.1. The van der Waals surface area contributed by atoms with Gasteiger partial charge in [-0.2, -0.15) is 0 Å². The van der Waals surface area contributed by atoms with Gasteiger partial charge in [0, 0.05) is 6.54 Å². The minimum absolute atomic E-state index is 0.195. The molecule has 0 spiro atoms. The maximum Gasteiger partial charge on any atom is 0.310 e. The van der Waals surface area contributed by atoms with Crippen molar-refractivity contribution in [2.75, 3.05) is 6.79 Å². The van der Waals surface area contributed by atoms with Gasteiger partial charge in [0.25, 0.3) is 0 Å². The van der Waals surface area contributed by atoms with Crippen molar-refractivity contribution in [3.63, 3.8) is 0 Å². The fraction of sp³-hybridized carbons (Fsp3) is 0.375. The van der Waals surface area contributed by atoms with Gasteiger partial charge < -0.3 is 24.6 Å². The zero-order valence-electron chi connectivity index (χ0n) is 12.1. The number of amides is 1. The van der Waals surface area contributed by atoms with Crippen LogP contribution in [-0.2, 0) is 20.9 Å². The Kier molecular flexibility index (Phi) is 3.23. The third-order valence-electron chi connectivity index (χ3n) is 4.39. The van der Waals surface area contributed by atoms with E-state index >= 15 is 0 Å². The lowest BCUT2D eigenvalue weighted by atomic mass is 9.82. The van der Waals surface area contributed by atoms with Crippen LogP contribution in [0.5, 0.6) is 11.5 Å². The average molecular weight is 317 g/mol. The van der Waals surface area contributed by atoms with E-state index in [-0.39, 0.29) is 12.7 Å². The predicted molar refractivity (Wildman–Crippen MR) is 76.8 cm³/mol. The molecule has 120 valence electrons. The smallest absolute Gasteiger partial charge is 0.310 e. The van der Waals surface area contributed by atoms with E-state index in [2.05, 4.69) is 5.32 Å². The lowest BCUT2D eigenvalue weighted by Gasteiger charge is -2.21. The molecule has 1 aromatic rings. The molecule has 1 saturated heterocycles. The maximum atomic E-state index is 12.4. The minimum Gasteiger partial charge on any atom is -0.481 e. The topological polar surface area (TPSA) is 94.1 Å². The minimum atomic E-state index is -1.01. The van der Waals surface area contributed by atoms with Crippen molar-refractivity contribution in [3.8, 4) is 11.5 Å². The molecule has 2 N–H and O–H groups in total. The molecule has 1 aromatic carbocycles. The molecular weight excluding hydrogens is 302 g/mol. The van der Waals surface area contributed by atoms with Gasteiger partial charge in [-0.25, -0.2) is 0 Å². The highest BCUT2D eigenvalue weighted by Crippen LogP contribution is 2.39. The van der Waals surface area contributed by atoms with Gasteiger partial charge in [-0.15, -0.1) is 0 Å². The molecular formula is C16H15NO6. The molecule has 3 aliphatic heterocycles. The summed E-state index contributed by atoms with van der Waals surface area (Å²) in [6.07, 6.45) is 2.50. The first kappa shape index (κ1) is 14.1. The zero-order valence-corrected chi connectivity index (χ0v) is 12.1. The summed E-state index contributed by atoms with van der Waals surface area (Å²) in [7, 11) is 0. The molecule has 2 bridgehead atoms. The van der Waals surface area contributed by atoms with Crippen LogP contribution in [0.25, 0.3) is 0 Å². The summed E-state index contributed by atoms with van der Waals surface area (Å²) in [6, 6.07) is 5.42. The lowest BCUT2D eigenvalue weighted by molar-refractivity contribution is -0.146. The quantitative estimate of drug-likeness (QED) is 0.793. The molecule has 4 rings (SSSR count). The molecule has 1 fully saturated rings. The summed E-state index contributed by atoms with van der Waals surface area (Å²) in [4.78, 5) is 23.8. The normalized spacial score (nSPS) is 29.7. The number of fused-ring (bicyclic) bond motifs is 3. The van der Waals surface area contributed by atoms with Crippen molar-refractivity contribution >= 4 is 11.9 Å². The molecule has 0 saturated carbocycles. The van der Waals surface area contributed by atoms with Gasteiger partial charge in [0.15, 0.2) is 11.5 Å². The second kappa shape index (κ2) is 5.27. The van der Waals surface area contributed by atoms with Crippen LogP contribution < -0.4 is 14.8 Å². The van der Waals surface area contributed by atoms with Gasteiger partial charge >= 0.3 is 5.97 Å². The van der Waals surface area contributed by atoms with Gasteiger partial charge in [-0.05, 0) is 17.7 Å². The van der Waals surface area contributed by atoms with Gasteiger partial charge in [0.2, 0.25) is 12.7 Å². The summed E-state index contributed by atoms with van der Waals surface area (Å²) < 4.78 is 16.0. The Labute approximate surface area is 131 Å². The van der Waals surface area contributed by atoms with E-state index in [1.807, 2.05) is 6.07 Å². The van der Waals surface area contributed by atoms with Crippen LogP contribution in [0, 0.1) is 11.8 Å². The van der Waals surface area contributed by atoms with E-state index < -0.39 is 30.0 Å². The molecule has 1 amide bonds. The van der Waals surface area contributed by atoms with Crippen LogP contribution in [0.4, 0.5) is 0 Å². The number of rotatable bonds is 4. The number of hydrogen-bond donors (Lipinski definition) is 2. The van der Waals surface area contributed by atoms with Crippen LogP contribution in [0.15, 0.2) is 30.4 Å². The van der Waals surface area contributed by atoms with Crippen molar-refractivity contribution in [2.24, 2.45) is 11.8 Å². The van der Waals surface area contributed by atoms with E-state index in [1.54, 1.807) is 24.3 Å². The third-order valence-corrected chi connectivity index (χ3v) is 4.39. The predicted octanol–water partition coefficient (Wildman–Crippen LogP) is 0.686. The van der Waals surface area contributed by atoms with Crippen molar-refractivity contribution in [2.45, 2.75) is 18.8 Å². The summed E-state index contributed by atoms with van der Waals surface area (Å²) in [5.41, 5.74) is 0.856. The van der Waals surface area contributed by atoms with Crippen molar-refractivity contribution in [1.82, 2.24) is 5.32 Å². The molecule has 7 heteroatoms. The third kappa shape index (κ3) is 2.33. The first-order valence-corrected chi connectivity index (χ1v) is 7.36. The first-order valence-electron chi connectivity index (χ1n) is 7.36. The summed E-state index contributed by atoms with van der Waals surface area (Å²) >= 11 is 0. The molecule has 23 heavy (non-hydrogen) atoms. The van der Waals surface area contributed by atoms with Crippen LogP contribution in [0.1, 0.15) is 5.56 Å². The van der Waals surface area contributed by atoms with Gasteiger partial charge in [0.1, 0.15) is 5.92 Å². The van der Waals surface area contributed by atoms with Crippen LogP contribution in [0.2, 0.25) is 0 Å². The maximum absolute atomic E-state index is 12.4.